The molecule has 1 heterocycles. The number of rotatable bonds is 6. The number of amides is 1. The van der Waals surface area contributed by atoms with Gasteiger partial charge in [0.1, 0.15) is 4.99 Å². The van der Waals surface area contributed by atoms with E-state index in [0.717, 1.165) is 11.3 Å². The van der Waals surface area contributed by atoms with Crippen LogP contribution in [0.4, 0.5) is 5.69 Å². The summed E-state index contributed by atoms with van der Waals surface area (Å²) < 4.78 is 0. The fraction of sp³-hybridized carbons (Fsp3) is 0.188. The number of nitrogens with two attached hydrogens (primary N) is 1. The van der Waals surface area contributed by atoms with Gasteiger partial charge in [0.15, 0.2) is 10.8 Å². The van der Waals surface area contributed by atoms with Crippen molar-refractivity contribution in [1.29, 1.82) is 0 Å². The van der Waals surface area contributed by atoms with E-state index in [9.17, 15) is 14.4 Å². The Morgan fingerprint density at radius 1 is 1.32 bits per heavy atom. The predicted molar refractivity (Wildman–Crippen MR) is 102 cm³/mol. The number of aryl methyl sites for hydroxylation is 1. The molecule has 0 saturated heterocycles. The molecule has 1 aromatic carbocycles. The number of Topliss-reactive ketones (excluding diaryl/α,β-unsaturated/α-hetero) is 2. The van der Waals surface area contributed by atoms with Gasteiger partial charge in [-0.05, 0) is 31.5 Å². The summed E-state index contributed by atoms with van der Waals surface area (Å²) in [5, 5.41) is 3.28. The SMILES string of the molecule is Cc1nc(C(N)=S)sc1C(=O)CC(=O)C(=O)Nc1cccc(Cl)c1C. The molecule has 0 aliphatic carbocycles. The van der Waals surface area contributed by atoms with E-state index in [4.69, 9.17) is 29.6 Å². The van der Waals surface area contributed by atoms with Crippen LogP contribution in [0.25, 0.3) is 0 Å². The van der Waals surface area contributed by atoms with Crippen molar-refractivity contribution < 1.29 is 14.4 Å². The van der Waals surface area contributed by atoms with Gasteiger partial charge in [-0.3, -0.25) is 14.4 Å². The van der Waals surface area contributed by atoms with Crippen molar-refractivity contribution in [2.24, 2.45) is 5.73 Å². The van der Waals surface area contributed by atoms with Gasteiger partial charge in [0.25, 0.3) is 5.91 Å². The van der Waals surface area contributed by atoms with Crippen molar-refractivity contribution >= 4 is 63.3 Å². The number of halogens is 1. The first-order valence-electron chi connectivity index (χ1n) is 7.10. The molecule has 0 aliphatic rings. The number of benzene rings is 1. The molecule has 0 aliphatic heterocycles. The number of carbonyl (C=O) groups excluding carboxylic acids is 3. The molecule has 2 rings (SSSR count). The number of nitrogens with one attached hydrogen (secondary N) is 1. The lowest BCUT2D eigenvalue weighted by molar-refractivity contribution is -0.134. The summed E-state index contributed by atoms with van der Waals surface area (Å²) in [6, 6.07) is 4.94. The van der Waals surface area contributed by atoms with E-state index in [1.165, 1.54) is 0 Å². The van der Waals surface area contributed by atoms with Crippen LogP contribution in [0.5, 0.6) is 0 Å². The molecule has 0 saturated carbocycles. The summed E-state index contributed by atoms with van der Waals surface area (Å²) in [4.78, 5) is 40.8. The Kier molecular flexibility index (Phi) is 5.99. The number of hydrogen-bond acceptors (Lipinski definition) is 6. The number of nitrogens with zero attached hydrogens (tertiary/aromatic N) is 1. The molecule has 0 spiro atoms. The molecule has 0 bridgehead atoms. The molecule has 1 aromatic heterocycles. The summed E-state index contributed by atoms with van der Waals surface area (Å²) in [7, 11) is 0. The highest BCUT2D eigenvalue weighted by molar-refractivity contribution is 7.81. The van der Waals surface area contributed by atoms with E-state index in [2.05, 4.69) is 10.3 Å². The molecular weight excluding hydrogens is 382 g/mol. The monoisotopic (exact) mass is 395 g/mol. The minimum atomic E-state index is -0.879. The number of hydrogen-bond donors (Lipinski definition) is 2. The highest BCUT2D eigenvalue weighted by Gasteiger charge is 2.23. The maximum absolute atomic E-state index is 12.3. The van der Waals surface area contributed by atoms with Gasteiger partial charge in [0.05, 0.1) is 17.0 Å². The summed E-state index contributed by atoms with van der Waals surface area (Å²) in [5.74, 6) is -2.23. The smallest absolute Gasteiger partial charge is 0.292 e. The van der Waals surface area contributed by atoms with Crippen LogP contribution >= 0.6 is 35.2 Å². The fourth-order valence-electron chi connectivity index (χ4n) is 2.00. The van der Waals surface area contributed by atoms with Gasteiger partial charge in [0, 0.05) is 10.7 Å². The second-order valence-corrected chi connectivity index (χ2v) is 7.03. The average molecular weight is 396 g/mol. The maximum atomic E-state index is 12.3. The minimum Gasteiger partial charge on any atom is -0.387 e. The molecule has 130 valence electrons. The second kappa shape index (κ2) is 7.81. The van der Waals surface area contributed by atoms with Gasteiger partial charge in [-0.25, -0.2) is 4.98 Å². The molecule has 0 unspecified atom stereocenters. The van der Waals surface area contributed by atoms with Crippen molar-refractivity contribution in [2.45, 2.75) is 20.3 Å². The zero-order valence-corrected chi connectivity index (χ0v) is 15.8. The van der Waals surface area contributed by atoms with Gasteiger partial charge in [0.2, 0.25) is 5.78 Å². The molecule has 6 nitrogen and oxygen atoms in total. The van der Waals surface area contributed by atoms with Crippen molar-refractivity contribution in [3.8, 4) is 0 Å². The predicted octanol–water partition coefficient (Wildman–Crippen LogP) is 2.83. The van der Waals surface area contributed by atoms with Crippen molar-refractivity contribution in [3.05, 3.63) is 44.4 Å². The lowest BCUT2D eigenvalue weighted by Gasteiger charge is -2.08. The van der Waals surface area contributed by atoms with Crippen LogP contribution in [-0.4, -0.2) is 27.4 Å². The lowest BCUT2D eigenvalue weighted by atomic mass is 10.1. The van der Waals surface area contributed by atoms with Crippen LogP contribution in [-0.2, 0) is 9.59 Å². The molecule has 0 radical (unpaired) electrons. The van der Waals surface area contributed by atoms with E-state index >= 15 is 0 Å². The molecule has 0 fully saturated rings. The number of anilines is 1. The van der Waals surface area contributed by atoms with Crippen LogP contribution in [0.2, 0.25) is 5.02 Å². The van der Waals surface area contributed by atoms with Gasteiger partial charge in [-0.2, -0.15) is 0 Å². The Labute approximate surface area is 158 Å². The first kappa shape index (κ1) is 19.2. The first-order chi connectivity index (χ1) is 11.7. The summed E-state index contributed by atoms with van der Waals surface area (Å²) in [6.45, 7) is 3.33. The molecule has 25 heavy (non-hydrogen) atoms. The highest BCUT2D eigenvalue weighted by atomic mass is 35.5. The Morgan fingerprint density at radius 3 is 2.60 bits per heavy atom. The number of carbonyl (C=O) groups is 3. The van der Waals surface area contributed by atoms with Crippen molar-refractivity contribution in [2.75, 3.05) is 5.32 Å². The highest BCUT2D eigenvalue weighted by Crippen LogP contribution is 2.23. The Morgan fingerprint density at radius 2 is 2.00 bits per heavy atom. The van der Waals surface area contributed by atoms with E-state index in [1.54, 1.807) is 32.0 Å². The standard InChI is InChI=1S/C16H14ClN3O3S2/c1-7-9(17)4-3-5-10(7)20-15(23)12(22)6-11(21)13-8(2)19-16(25-13)14(18)24/h3-5H,6H2,1-2H3,(H2,18,24)(H,20,23). The topological polar surface area (TPSA) is 102 Å². The molecule has 3 N–H and O–H groups in total. The van der Waals surface area contributed by atoms with Crippen LogP contribution in [0.3, 0.4) is 0 Å². The van der Waals surface area contributed by atoms with Crippen LogP contribution < -0.4 is 11.1 Å². The summed E-state index contributed by atoms with van der Waals surface area (Å²) in [5.41, 5.74) is 6.97. The van der Waals surface area contributed by atoms with Crippen molar-refractivity contribution in [3.63, 3.8) is 0 Å². The van der Waals surface area contributed by atoms with E-state index in [-0.39, 0.29) is 9.87 Å². The Hall–Kier alpha value is -2.16. The van der Waals surface area contributed by atoms with Crippen molar-refractivity contribution in [1.82, 2.24) is 4.98 Å². The first-order valence-corrected chi connectivity index (χ1v) is 8.70. The minimum absolute atomic E-state index is 0.0765. The molecular formula is C16H14ClN3O3S2. The number of aromatic nitrogens is 1. The zero-order valence-electron chi connectivity index (χ0n) is 13.4. The summed E-state index contributed by atoms with van der Waals surface area (Å²) >= 11 is 11.8. The third kappa shape index (κ3) is 4.47. The molecule has 0 atom stereocenters. The van der Waals surface area contributed by atoms with Crippen LogP contribution in [0.15, 0.2) is 18.2 Å². The van der Waals surface area contributed by atoms with E-state index in [1.807, 2.05) is 0 Å². The zero-order chi connectivity index (χ0) is 18.7. The quantitative estimate of drug-likeness (QED) is 0.337. The normalized spacial score (nSPS) is 10.4. The van der Waals surface area contributed by atoms with Gasteiger partial charge >= 0.3 is 0 Å². The maximum Gasteiger partial charge on any atom is 0.292 e. The van der Waals surface area contributed by atoms with Crippen LogP contribution in [0.1, 0.15) is 32.4 Å². The molecule has 2 aromatic rings. The van der Waals surface area contributed by atoms with Crippen LogP contribution in [0, 0.1) is 13.8 Å². The lowest BCUT2D eigenvalue weighted by Crippen LogP contribution is -2.25. The second-order valence-electron chi connectivity index (χ2n) is 5.19. The molecule has 9 heteroatoms. The third-order valence-corrected chi connectivity index (χ3v) is 5.31. The van der Waals surface area contributed by atoms with Gasteiger partial charge in [-0.1, -0.05) is 29.9 Å². The van der Waals surface area contributed by atoms with Gasteiger partial charge in [-0.15, -0.1) is 11.3 Å². The summed E-state index contributed by atoms with van der Waals surface area (Å²) in [6.07, 6.45) is -0.564. The number of ketones is 2. The van der Waals surface area contributed by atoms with E-state index < -0.39 is 23.9 Å². The van der Waals surface area contributed by atoms with Gasteiger partial charge < -0.3 is 11.1 Å². The molecule has 1 amide bonds. The number of thiazole rings is 1. The average Bonchev–Trinajstić information content (AvgIpc) is 2.94. The Bertz CT molecular complexity index is 893. The largest absolute Gasteiger partial charge is 0.387 e. The number of thiocarbonyl (C=S) groups is 1. The third-order valence-electron chi connectivity index (χ3n) is 3.35. The fourth-order valence-corrected chi connectivity index (χ4v) is 3.20. The Balaban J connectivity index is 2.08. The van der Waals surface area contributed by atoms with E-state index in [0.29, 0.717) is 27.0 Å².